The molecule has 1 heterocycles. The van der Waals surface area contributed by atoms with Crippen molar-refractivity contribution in [3.63, 3.8) is 0 Å². The molecule has 2 rings (SSSR count). The van der Waals surface area contributed by atoms with Crippen LogP contribution in [-0.4, -0.2) is 22.3 Å². The van der Waals surface area contributed by atoms with Gasteiger partial charge in [0.2, 0.25) is 0 Å². The minimum atomic E-state index is 0.829. The van der Waals surface area contributed by atoms with Gasteiger partial charge in [-0.2, -0.15) is 11.8 Å². The lowest BCUT2D eigenvalue weighted by atomic mass is 10.2. The maximum atomic E-state index is 4.75. The second-order valence-corrected chi connectivity index (χ2v) is 7.33. The summed E-state index contributed by atoms with van der Waals surface area (Å²) >= 11 is 4.39. The number of nitrogens with zero attached hydrogens (tertiary/aromatic N) is 2. The number of hydrogen-bond donors (Lipinski definition) is 1. The zero-order valence-corrected chi connectivity index (χ0v) is 14.7. The highest BCUT2D eigenvalue weighted by Crippen LogP contribution is 2.31. The quantitative estimate of drug-likeness (QED) is 0.736. The van der Waals surface area contributed by atoms with Crippen molar-refractivity contribution in [1.82, 2.24) is 9.97 Å². The molecule has 1 aliphatic rings. The predicted octanol–water partition coefficient (Wildman–Crippen LogP) is 4.25. The van der Waals surface area contributed by atoms with Gasteiger partial charge in [0.05, 0.1) is 15.0 Å². The summed E-state index contributed by atoms with van der Waals surface area (Å²) in [5, 5.41) is 4.02. The van der Waals surface area contributed by atoms with Crippen LogP contribution in [0.5, 0.6) is 0 Å². The minimum absolute atomic E-state index is 0.829. The van der Waals surface area contributed by atoms with E-state index in [0.717, 1.165) is 35.5 Å². The number of nitrogens with one attached hydrogen (secondary N) is 1. The van der Waals surface area contributed by atoms with Gasteiger partial charge >= 0.3 is 0 Å². The Morgan fingerprint density at radius 2 is 2.05 bits per heavy atom. The summed E-state index contributed by atoms with van der Waals surface area (Å²) in [6, 6.07) is 0. The topological polar surface area (TPSA) is 37.8 Å². The largest absolute Gasteiger partial charge is 0.372 e. The first kappa shape index (κ1) is 15.4. The van der Waals surface area contributed by atoms with E-state index in [-0.39, 0.29) is 0 Å². The summed E-state index contributed by atoms with van der Waals surface area (Å²) in [6.07, 6.45) is 7.70. The minimum Gasteiger partial charge on any atom is -0.372 e. The summed E-state index contributed by atoms with van der Waals surface area (Å²) in [5.74, 6) is 2.93. The van der Waals surface area contributed by atoms with Crippen LogP contribution in [0.4, 0.5) is 5.82 Å². The van der Waals surface area contributed by atoms with E-state index < -0.39 is 0 Å². The molecule has 0 saturated heterocycles. The van der Waals surface area contributed by atoms with Gasteiger partial charge in [0.25, 0.3) is 0 Å². The van der Waals surface area contributed by atoms with Gasteiger partial charge < -0.3 is 5.32 Å². The fraction of sp³-hybridized carbons (Fsp3) is 0.714. The number of aryl methyl sites for hydroxylation is 1. The van der Waals surface area contributed by atoms with Gasteiger partial charge in [-0.05, 0) is 41.9 Å². The van der Waals surface area contributed by atoms with Crippen molar-refractivity contribution in [2.24, 2.45) is 0 Å². The smallest absolute Gasteiger partial charge is 0.143 e. The highest BCUT2D eigenvalue weighted by atomic mass is 127. The van der Waals surface area contributed by atoms with Crippen LogP contribution in [0.15, 0.2) is 0 Å². The molecule has 0 aromatic carbocycles. The summed E-state index contributed by atoms with van der Waals surface area (Å²) in [7, 11) is 1.94. The fourth-order valence-electron chi connectivity index (χ4n) is 2.42. The van der Waals surface area contributed by atoms with Gasteiger partial charge in [-0.3, -0.25) is 0 Å². The van der Waals surface area contributed by atoms with Crippen LogP contribution >= 0.6 is 34.4 Å². The SMILES string of the molecule is CCCc1nc(CSC2CCCC2)nc(NC)c1I. The van der Waals surface area contributed by atoms with E-state index in [9.17, 15) is 0 Å². The molecule has 5 heteroatoms. The van der Waals surface area contributed by atoms with E-state index in [1.165, 1.54) is 34.9 Å². The molecule has 0 bridgehead atoms. The van der Waals surface area contributed by atoms with Crippen molar-refractivity contribution in [3.05, 3.63) is 15.1 Å². The zero-order chi connectivity index (χ0) is 13.7. The summed E-state index contributed by atoms with van der Waals surface area (Å²) < 4.78 is 1.18. The first-order valence-electron chi connectivity index (χ1n) is 7.09. The third-order valence-corrected chi connectivity index (χ3v) is 5.94. The van der Waals surface area contributed by atoms with E-state index >= 15 is 0 Å². The van der Waals surface area contributed by atoms with Crippen molar-refractivity contribution in [2.75, 3.05) is 12.4 Å². The Labute approximate surface area is 133 Å². The van der Waals surface area contributed by atoms with Crippen LogP contribution in [-0.2, 0) is 12.2 Å². The molecule has 1 N–H and O–H groups in total. The molecule has 1 aromatic heterocycles. The molecule has 1 fully saturated rings. The maximum Gasteiger partial charge on any atom is 0.143 e. The third kappa shape index (κ3) is 4.21. The molecule has 0 aliphatic heterocycles. The van der Waals surface area contributed by atoms with Crippen LogP contribution in [0, 0.1) is 3.57 Å². The van der Waals surface area contributed by atoms with Crippen molar-refractivity contribution >= 4 is 40.2 Å². The molecule has 1 aliphatic carbocycles. The second-order valence-electron chi connectivity index (χ2n) is 4.97. The number of halogens is 1. The number of thioether (sulfide) groups is 1. The van der Waals surface area contributed by atoms with Gasteiger partial charge in [-0.15, -0.1) is 0 Å². The Morgan fingerprint density at radius 1 is 1.32 bits per heavy atom. The average Bonchev–Trinajstić information content (AvgIpc) is 2.93. The summed E-state index contributed by atoms with van der Waals surface area (Å²) in [5.41, 5.74) is 1.20. The molecular formula is C14H22IN3S. The van der Waals surface area contributed by atoms with Crippen LogP contribution in [0.2, 0.25) is 0 Å². The van der Waals surface area contributed by atoms with Gasteiger partial charge in [-0.25, -0.2) is 9.97 Å². The second kappa shape index (κ2) is 7.67. The highest BCUT2D eigenvalue weighted by molar-refractivity contribution is 14.1. The lowest BCUT2D eigenvalue weighted by Gasteiger charge is -2.12. The molecular weight excluding hydrogens is 369 g/mol. The molecule has 0 radical (unpaired) electrons. The normalized spacial score (nSPS) is 15.9. The Morgan fingerprint density at radius 3 is 2.68 bits per heavy atom. The van der Waals surface area contributed by atoms with E-state index in [4.69, 9.17) is 4.98 Å². The Bertz CT molecular complexity index is 419. The standard InChI is InChI=1S/C14H22IN3S/c1-3-6-11-13(15)14(16-2)18-12(17-11)9-19-10-7-4-5-8-10/h10H,3-9H2,1-2H3,(H,16,17,18). The van der Waals surface area contributed by atoms with E-state index in [2.05, 4.69) is 39.8 Å². The van der Waals surface area contributed by atoms with E-state index in [1.807, 2.05) is 18.8 Å². The molecule has 1 saturated carbocycles. The molecule has 0 atom stereocenters. The zero-order valence-electron chi connectivity index (χ0n) is 11.7. The lowest BCUT2D eigenvalue weighted by Crippen LogP contribution is -2.08. The highest BCUT2D eigenvalue weighted by Gasteiger charge is 2.17. The van der Waals surface area contributed by atoms with Gasteiger partial charge in [-0.1, -0.05) is 26.2 Å². The first-order chi connectivity index (χ1) is 9.24. The molecule has 19 heavy (non-hydrogen) atoms. The van der Waals surface area contributed by atoms with Gasteiger partial charge in [0.15, 0.2) is 0 Å². The number of hydrogen-bond acceptors (Lipinski definition) is 4. The van der Waals surface area contributed by atoms with Gasteiger partial charge in [0, 0.05) is 12.3 Å². The van der Waals surface area contributed by atoms with Crippen LogP contribution in [0.1, 0.15) is 50.5 Å². The Hall–Kier alpha value is -0.0400. The monoisotopic (exact) mass is 391 g/mol. The third-order valence-electron chi connectivity index (χ3n) is 3.44. The predicted molar refractivity (Wildman–Crippen MR) is 91.8 cm³/mol. The summed E-state index contributed by atoms with van der Waals surface area (Å²) in [4.78, 5) is 9.40. The molecule has 3 nitrogen and oxygen atoms in total. The average molecular weight is 391 g/mol. The molecule has 1 aromatic rings. The maximum absolute atomic E-state index is 4.75. The van der Waals surface area contributed by atoms with Crippen LogP contribution in [0.3, 0.4) is 0 Å². The van der Waals surface area contributed by atoms with Gasteiger partial charge in [0.1, 0.15) is 11.6 Å². The fourth-order valence-corrected chi connectivity index (χ4v) is 4.39. The van der Waals surface area contributed by atoms with Crippen molar-refractivity contribution in [1.29, 1.82) is 0 Å². The summed E-state index contributed by atoms with van der Waals surface area (Å²) in [6.45, 7) is 2.20. The number of rotatable bonds is 6. The number of aromatic nitrogens is 2. The van der Waals surface area contributed by atoms with Crippen molar-refractivity contribution in [2.45, 2.75) is 56.5 Å². The van der Waals surface area contributed by atoms with E-state index in [0.29, 0.717) is 0 Å². The molecule has 0 amide bonds. The first-order valence-corrected chi connectivity index (χ1v) is 9.22. The lowest BCUT2D eigenvalue weighted by molar-refractivity contribution is 0.843. The molecule has 0 spiro atoms. The van der Waals surface area contributed by atoms with E-state index in [1.54, 1.807) is 0 Å². The van der Waals surface area contributed by atoms with Crippen LogP contribution in [0.25, 0.3) is 0 Å². The molecule has 0 unspecified atom stereocenters. The Balaban J connectivity index is 2.07. The molecule has 106 valence electrons. The van der Waals surface area contributed by atoms with Crippen molar-refractivity contribution < 1.29 is 0 Å². The van der Waals surface area contributed by atoms with Crippen molar-refractivity contribution in [3.8, 4) is 0 Å². The number of anilines is 1. The van der Waals surface area contributed by atoms with Crippen LogP contribution < -0.4 is 5.32 Å². The Kier molecular flexibility index (Phi) is 6.19.